The molecule has 7 heteroatoms. The van der Waals surface area contributed by atoms with E-state index < -0.39 is 0 Å². The summed E-state index contributed by atoms with van der Waals surface area (Å²) in [6.45, 7) is 4.08. The van der Waals surface area contributed by atoms with Crippen molar-refractivity contribution in [2.75, 3.05) is 29.9 Å². The zero-order chi connectivity index (χ0) is 20.9. The van der Waals surface area contributed by atoms with Crippen LogP contribution in [0.2, 0.25) is 0 Å². The number of halogens is 1. The number of piperidine rings is 1. The molecule has 4 rings (SSSR count). The smallest absolute Gasteiger partial charge is 0.258 e. The Hall–Kier alpha value is -2.67. The maximum Gasteiger partial charge on any atom is 0.258 e. The summed E-state index contributed by atoms with van der Waals surface area (Å²) < 4.78 is 6.91. The third-order valence-electron chi connectivity index (χ3n) is 5.17. The summed E-state index contributed by atoms with van der Waals surface area (Å²) in [5, 5.41) is 3.04. The average Bonchev–Trinajstić information content (AvgIpc) is 2.78. The summed E-state index contributed by atoms with van der Waals surface area (Å²) in [5.74, 6) is 1.19. The highest BCUT2D eigenvalue weighted by Gasteiger charge is 2.29. The van der Waals surface area contributed by atoms with E-state index in [1.54, 1.807) is 0 Å². The molecule has 1 saturated heterocycles. The average molecular weight is 469 g/mol. The Morgan fingerprint density at radius 3 is 2.63 bits per heavy atom. The van der Waals surface area contributed by atoms with E-state index in [4.69, 9.17) is 14.7 Å². The van der Waals surface area contributed by atoms with Crippen molar-refractivity contribution in [3.63, 3.8) is 0 Å². The molecule has 0 bridgehead atoms. The van der Waals surface area contributed by atoms with E-state index in [1.807, 2.05) is 48.5 Å². The molecule has 1 atom stereocenters. The van der Waals surface area contributed by atoms with Gasteiger partial charge in [0.2, 0.25) is 5.91 Å². The molecular weight excluding hydrogens is 444 g/mol. The van der Waals surface area contributed by atoms with Crippen LogP contribution in [-0.4, -0.2) is 35.6 Å². The summed E-state index contributed by atoms with van der Waals surface area (Å²) >= 11 is 3.42. The quantitative estimate of drug-likeness (QED) is 0.548. The van der Waals surface area contributed by atoms with Gasteiger partial charge in [0, 0.05) is 23.2 Å². The maximum absolute atomic E-state index is 12.9. The number of amides is 1. The van der Waals surface area contributed by atoms with E-state index in [0.717, 1.165) is 52.8 Å². The van der Waals surface area contributed by atoms with Crippen LogP contribution in [0.25, 0.3) is 11.0 Å². The van der Waals surface area contributed by atoms with Gasteiger partial charge in [0.05, 0.1) is 23.6 Å². The van der Waals surface area contributed by atoms with Crippen LogP contribution in [0.3, 0.4) is 0 Å². The predicted octanol–water partition coefficient (Wildman–Crippen LogP) is 5.04. The van der Waals surface area contributed by atoms with Crippen molar-refractivity contribution in [3.05, 3.63) is 53.0 Å². The van der Waals surface area contributed by atoms with Crippen LogP contribution in [0.15, 0.2) is 53.0 Å². The molecule has 156 valence electrons. The first-order valence-electron chi connectivity index (χ1n) is 10.3. The standard InChI is InChI=1S/C23H25BrN4O2/c1-2-14-30-23-21(26-19-7-3-4-8-20(19)27-23)28-13-5-6-16(15-28)22(29)25-18-11-9-17(24)10-12-18/h3-4,7-12,16H,2,5-6,13-15H2,1H3,(H,25,29)/t16-/m1/s1. The number of anilines is 2. The van der Waals surface area contributed by atoms with Gasteiger partial charge in [-0.25, -0.2) is 9.97 Å². The normalized spacial score (nSPS) is 16.5. The van der Waals surface area contributed by atoms with Gasteiger partial charge in [-0.2, -0.15) is 0 Å². The minimum Gasteiger partial charge on any atom is -0.475 e. The molecule has 1 fully saturated rings. The Bertz CT molecular complexity index is 1030. The lowest BCUT2D eigenvalue weighted by Gasteiger charge is -2.33. The lowest BCUT2D eigenvalue weighted by molar-refractivity contribution is -0.120. The van der Waals surface area contributed by atoms with Gasteiger partial charge in [-0.1, -0.05) is 35.0 Å². The van der Waals surface area contributed by atoms with Gasteiger partial charge in [-0.05, 0) is 55.7 Å². The fourth-order valence-electron chi connectivity index (χ4n) is 3.64. The highest BCUT2D eigenvalue weighted by molar-refractivity contribution is 9.10. The molecule has 0 saturated carbocycles. The van der Waals surface area contributed by atoms with Crippen LogP contribution in [0, 0.1) is 5.92 Å². The number of ether oxygens (including phenoxy) is 1. The highest BCUT2D eigenvalue weighted by atomic mass is 79.9. The van der Waals surface area contributed by atoms with E-state index in [2.05, 4.69) is 33.1 Å². The molecule has 1 aliphatic rings. The molecule has 2 aromatic carbocycles. The molecule has 1 amide bonds. The van der Waals surface area contributed by atoms with E-state index >= 15 is 0 Å². The number of hydrogen-bond acceptors (Lipinski definition) is 5. The van der Waals surface area contributed by atoms with Gasteiger partial charge in [-0.3, -0.25) is 4.79 Å². The highest BCUT2D eigenvalue weighted by Crippen LogP contribution is 2.31. The van der Waals surface area contributed by atoms with Gasteiger partial charge in [0.25, 0.3) is 5.88 Å². The molecule has 2 heterocycles. The van der Waals surface area contributed by atoms with Crippen molar-refractivity contribution >= 4 is 44.4 Å². The SMILES string of the molecule is CCCOc1nc2ccccc2nc1N1CCC[C@@H](C(=O)Nc2ccc(Br)cc2)C1. The zero-order valence-electron chi connectivity index (χ0n) is 17.0. The second kappa shape index (κ2) is 9.43. The number of aromatic nitrogens is 2. The molecule has 1 aromatic heterocycles. The first-order valence-corrected chi connectivity index (χ1v) is 11.1. The summed E-state index contributed by atoms with van der Waals surface area (Å²) in [4.78, 5) is 24.6. The number of benzene rings is 2. The van der Waals surface area contributed by atoms with Crippen LogP contribution < -0.4 is 15.0 Å². The molecule has 6 nitrogen and oxygen atoms in total. The number of hydrogen-bond donors (Lipinski definition) is 1. The summed E-state index contributed by atoms with van der Waals surface area (Å²) in [6.07, 6.45) is 2.66. The third kappa shape index (κ3) is 4.73. The van der Waals surface area contributed by atoms with Gasteiger partial charge >= 0.3 is 0 Å². The van der Waals surface area contributed by atoms with Crippen LogP contribution in [0.1, 0.15) is 26.2 Å². The summed E-state index contributed by atoms with van der Waals surface area (Å²) in [7, 11) is 0. The number of carbonyl (C=O) groups excluding carboxylic acids is 1. The van der Waals surface area contributed by atoms with Crippen LogP contribution >= 0.6 is 15.9 Å². The van der Waals surface area contributed by atoms with Crippen molar-refractivity contribution in [1.29, 1.82) is 0 Å². The third-order valence-corrected chi connectivity index (χ3v) is 5.70. The lowest BCUT2D eigenvalue weighted by atomic mass is 9.97. The van der Waals surface area contributed by atoms with Crippen molar-refractivity contribution < 1.29 is 9.53 Å². The van der Waals surface area contributed by atoms with Crippen LogP contribution in [0.4, 0.5) is 11.5 Å². The Kier molecular flexibility index (Phi) is 6.47. The zero-order valence-corrected chi connectivity index (χ0v) is 18.6. The number of carbonyl (C=O) groups is 1. The molecule has 1 N–H and O–H groups in total. The number of fused-ring (bicyclic) bond motifs is 1. The molecular formula is C23H25BrN4O2. The number of nitrogens with zero attached hydrogens (tertiary/aromatic N) is 3. The minimum atomic E-state index is -0.116. The second-order valence-corrected chi connectivity index (χ2v) is 8.39. The first kappa shape index (κ1) is 20.6. The van der Waals surface area contributed by atoms with Crippen molar-refractivity contribution in [1.82, 2.24) is 9.97 Å². The van der Waals surface area contributed by atoms with Crippen molar-refractivity contribution in [2.24, 2.45) is 5.92 Å². The molecule has 0 spiro atoms. The molecule has 1 aliphatic heterocycles. The Balaban J connectivity index is 1.55. The molecule has 0 radical (unpaired) electrons. The Morgan fingerprint density at radius 2 is 1.90 bits per heavy atom. The van der Waals surface area contributed by atoms with Gasteiger partial charge < -0.3 is 15.0 Å². The van der Waals surface area contributed by atoms with E-state index in [9.17, 15) is 4.79 Å². The van der Waals surface area contributed by atoms with Crippen LogP contribution in [-0.2, 0) is 4.79 Å². The summed E-state index contributed by atoms with van der Waals surface area (Å²) in [5.41, 5.74) is 2.45. The molecule has 30 heavy (non-hydrogen) atoms. The van der Waals surface area contributed by atoms with E-state index in [1.165, 1.54) is 0 Å². The number of nitrogens with one attached hydrogen (secondary N) is 1. The number of rotatable bonds is 6. The second-order valence-electron chi connectivity index (χ2n) is 7.47. The molecule has 0 aliphatic carbocycles. The Labute approximate surface area is 184 Å². The monoisotopic (exact) mass is 468 g/mol. The molecule has 0 unspecified atom stereocenters. The van der Waals surface area contributed by atoms with Gasteiger partial charge in [-0.15, -0.1) is 0 Å². The van der Waals surface area contributed by atoms with E-state index in [-0.39, 0.29) is 11.8 Å². The summed E-state index contributed by atoms with van der Waals surface area (Å²) in [6, 6.07) is 15.4. The Morgan fingerprint density at radius 1 is 1.17 bits per heavy atom. The first-order chi connectivity index (χ1) is 14.6. The number of para-hydroxylation sites is 2. The van der Waals surface area contributed by atoms with Crippen LogP contribution in [0.5, 0.6) is 5.88 Å². The largest absolute Gasteiger partial charge is 0.475 e. The van der Waals surface area contributed by atoms with Gasteiger partial charge in [0.15, 0.2) is 5.82 Å². The van der Waals surface area contributed by atoms with E-state index in [0.29, 0.717) is 19.0 Å². The van der Waals surface area contributed by atoms with Gasteiger partial charge in [0.1, 0.15) is 0 Å². The topological polar surface area (TPSA) is 67.4 Å². The fourth-order valence-corrected chi connectivity index (χ4v) is 3.90. The van der Waals surface area contributed by atoms with Crippen molar-refractivity contribution in [2.45, 2.75) is 26.2 Å². The lowest BCUT2D eigenvalue weighted by Crippen LogP contribution is -2.41. The fraction of sp³-hybridized carbons (Fsp3) is 0.348. The predicted molar refractivity (Wildman–Crippen MR) is 123 cm³/mol. The van der Waals surface area contributed by atoms with Crippen molar-refractivity contribution in [3.8, 4) is 5.88 Å². The minimum absolute atomic E-state index is 0.0341. The maximum atomic E-state index is 12.9. The molecule has 3 aromatic rings.